The average Bonchev–Trinajstić information content (AvgIpc) is 3.08. The summed E-state index contributed by atoms with van der Waals surface area (Å²) in [4.78, 5) is 14.2. The van der Waals surface area contributed by atoms with E-state index in [0.717, 1.165) is 66.0 Å². The number of rotatable bonds is 7. The van der Waals surface area contributed by atoms with Crippen molar-refractivity contribution >= 4 is 58.6 Å². The molecule has 0 aliphatic carbocycles. The van der Waals surface area contributed by atoms with E-state index in [1.807, 2.05) is 111 Å². The number of hydrogen-bond donors (Lipinski definition) is 0. The van der Waals surface area contributed by atoms with Gasteiger partial charge < -0.3 is 11.4 Å². The van der Waals surface area contributed by atoms with Gasteiger partial charge in [0.1, 0.15) is 22.5 Å². The van der Waals surface area contributed by atoms with E-state index in [9.17, 15) is 0 Å². The maximum absolute atomic E-state index is 6.72. The smallest absolute Gasteiger partial charge is 0.577 e. The molecule has 3 heterocycles. The molecule has 3 aromatic heterocycles. The van der Waals surface area contributed by atoms with Gasteiger partial charge in [-0.3, -0.25) is 4.98 Å². The first kappa shape index (κ1) is 28.0. The number of hydrogen-bond acceptors (Lipinski definition) is 6. The molecule has 0 N–H and O–H groups in total. The lowest BCUT2D eigenvalue weighted by Crippen LogP contribution is -2.37. The van der Waals surface area contributed by atoms with Crippen molar-refractivity contribution < 1.29 is 11.4 Å². The molecule has 0 unspecified atom stereocenters. The normalized spacial score (nSPS) is 11.3. The highest BCUT2D eigenvalue weighted by molar-refractivity contribution is 6.40. The van der Waals surface area contributed by atoms with Crippen LogP contribution < -0.4 is 11.4 Å². The molecule has 220 valence electrons. The highest BCUT2D eigenvalue weighted by Crippen LogP contribution is 2.33. The molecular formula is C39H28AlN3O3. The molecule has 0 aliphatic heterocycles. The van der Waals surface area contributed by atoms with Gasteiger partial charge in [0.25, 0.3) is 0 Å². The van der Waals surface area contributed by atoms with Crippen molar-refractivity contribution in [2.24, 2.45) is 0 Å². The Morgan fingerprint density at radius 3 is 1.74 bits per heavy atom. The van der Waals surface area contributed by atoms with Crippen LogP contribution in [0.5, 0.6) is 17.2 Å². The molecule has 0 spiro atoms. The molecule has 0 fully saturated rings. The molecule has 8 rings (SSSR count). The summed E-state index contributed by atoms with van der Waals surface area (Å²) >= 11 is -2.96. The van der Waals surface area contributed by atoms with Crippen LogP contribution in [0.2, 0.25) is 0 Å². The second-order valence-electron chi connectivity index (χ2n) is 11.3. The number of pyridine rings is 3. The summed E-state index contributed by atoms with van der Waals surface area (Å²) in [7, 11) is 0. The Morgan fingerprint density at radius 2 is 1.04 bits per heavy atom. The molecule has 8 aromatic rings. The van der Waals surface area contributed by atoms with Crippen LogP contribution >= 0.6 is 0 Å². The summed E-state index contributed by atoms with van der Waals surface area (Å²) in [6, 6.07) is 42.6. The Labute approximate surface area is 271 Å². The first-order chi connectivity index (χ1) is 22.6. The van der Waals surface area contributed by atoms with Gasteiger partial charge in [-0.25, -0.2) is 9.97 Å². The van der Waals surface area contributed by atoms with Crippen molar-refractivity contribution in [1.82, 2.24) is 15.0 Å². The maximum Gasteiger partial charge on any atom is 1.20 e. The van der Waals surface area contributed by atoms with Crippen molar-refractivity contribution in [1.29, 1.82) is 0 Å². The first-order valence-electron chi connectivity index (χ1n) is 15.2. The Hall–Kier alpha value is -5.48. The van der Waals surface area contributed by atoms with Gasteiger partial charge in [0.15, 0.2) is 0 Å². The molecule has 46 heavy (non-hydrogen) atoms. The van der Waals surface area contributed by atoms with Gasteiger partial charge in [-0.1, -0.05) is 78.9 Å². The predicted molar refractivity (Wildman–Crippen MR) is 185 cm³/mol. The second kappa shape index (κ2) is 11.8. The van der Waals surface area contributed by atoms with E-state index >= 15 is 0 Å². The van der Waals surface area contributed by atoms with Gasteiger partial charge in [0.05, 0.1) is 11.3 Å². The van der Waals surface area contributed by atoms with Crippen LogP contribution in [0.4, 0.5) is 0 Å². The van der Waals surface area contributed by atoms with Crippen molar-refractivity contribution in [3.05, 3.63) is 145 Å². The quantitative estimate of drug-likeness (QED) is 0.167. The van der Waals surface area contributed by atoms with Crippen LogP contribution in [0.25, 0.3) is 54.6 Å². The summed E-state index contributed by atoms with van der Waals surface area (Å²) in [6.45, 7) is 3.95. The van der Waals surface area contributed by atoms with Crippen LogP contribution in [0.15, 0.2) is 134 Å². The van der Waals surface area contributed by atoms with E-state index in [1.54, 1.807) is 0 Å². The molecule has 0 amide bonds. The Kier molecular flexibility index (Phi) is 7.19. The zero-order valence-corrected chi connectivity index (χ0v) is 26.5. The standard InChI is InChI=1S/C19H13NO.2C10H9NO.Al/c21-19-7-3-5-14-10-13(8-9-17(14)19)16-11-15-4-1-2-6-18(15)20-12-16;2*1-7-5-6-8-3-2-4-9(12)10(8)11-7;/h1-12,21H;2*2-6,12H,1H3;/q;;;+3/p-3. The molecule has 7 heteroatoms. The lowest BCUT2D eigenvalue weighted by molar-refractivity contribution is 0.311. The van der Waals surface area contributed by atoms with Gasteiger partial charge in [-0.15, -0.1) is 0 Å². The Bertz CT molecular complexity index is 2330. The fourth-order valence-corrected chi connectivity index (χ4v) is 7.13. The topological polar surface area (TPSA) is 66.4 Å². The largest absolute Gasteiger partial charge is 1.20 e. The summed E-state index contributed by atoms with van der Waals surface area (Å²) in [5.74, 6) is 1.92. The number of nitrogens with zero attached hydrogens (tertiary/aromatic N) is 3. The van der Waals surface area contributed by atoms with E-state index in [4.69, 9.17) is 21.3 Å². The summed E-state index contributed by atoms with van der Waals surface area (Å²) in [6.07, 6.45) is 1.92. The molecule has 0 atom stereocenters. The SMILES string of the molecule is Cc1ccc2cccc([O][Al]([O]c3cccc4cc(-c5cnc6ccccc6c5)ccc34)[O]c3cccc4ccc(C)nc34)c2n1. The minimum atomic E-state index is -2.96. The summed E-state index contributed by atoms with van der Waals surface area (Å²) < 4.78 is 20.0. The molecule has 0 bridgehead atoms. The molecule has 0 saturated heterocycles. The van der Waals surface area contributed by atoms with Crippen molar-refractivity contribution in [3.8, 4) is 28.4 Å². The lowest BCUT2D eigenvalue weighted by atomic mass is 10.0. The molecule has 0 saturated carbocycles. The van der Waals surface area contributed by atoms with Crippen molar-refractivity contribution in [3.63, 3.8) is 0 Å². The highest BCUT2D eigenvalue weighted by Gasteiger charge is 2.45. The molecule has 6 nitrogen and oxygen atoms in total. The maximum atomic E-state index is 6.72. The fraction of sp³-hybridized carbons (Fsp3) is 0.0513. The number of para-hydroxylation sites is 3. The van der Waals surface area contributed by atoms with Gasteiger partial charge in [0.2, 0.25) is 0 Å². The zero-order valence-electron chi connectivity index (χ0n) is 25.3. The lowest BCUT2D eigenvalue weighted by Gasteiger charge is -2.19. The van der Waals surface area contributed by atoms with E-state index in [2.05, 4.69) is 41.4 Å². The fourth-order valence-electron chi connectivity index (χ4n) is 5.77. The van der Waals surface area contributed by atoms with E-state index in [-0.39, 0.29) is 0 Å². The molecule has 0 aliphatic rings. The second-order valence-corrected chi connectivity index (χ2v) is 12.6. The van der Waals surface area contributed by atoms with E-state index in [1.165, 1.54) is 0 Å². The van der Waals surface area contributed by atoms with Gasteiger partial charge in [-0.05, 0) is 73.3 Å². The minimum Gasteiger partial charge on any atom is -0.577 e. The van der Waals surface area contributed by atoms with Crippen LogP contribution in [-0.2, 0) is 0 Å². The van der Waals surface area contributed by atoms with Gasteiger partial charge in [-0.2, -0.15) is 0 Å². The third kappa shape index (κ3) is 5.48. The third-order valence-corrected chi connectivity index (χ3v) is 9.42. The zero-order chi connectivity index (χ0) is 31.0. The predicted octanol–water partition coefficient (Wildman–Crippen LogP) is 9.29. The Morgan fingerprint density at radius 1 is 0.478 bits per heavy atom. The third-order valence-electron chi connectivity index (χ3n) is 8.08. The van der Waals surface area contributed by atoms with Crippen LogP contribution in [-0.4, -0.2) is 30.1 Å². The highest BCUT2D eigenvalue weighted by atomic mass is 27.3. The molecule has 5 aromatic carbocycles. The minimum absolute atomic E-state index is 0.619. The molecule has 0 radical (unpaired) electrons. The van der Waals surface area contributed by atoms with E-state index < -0.39 is 15.1 Å². The Balaban J connectivity index is 1.19. The monoisotopic (exact) mass is 613 g/mol. The van der Waals surface area contributed by atoms with Crippen molar-refractivity contribution in [2.75, 3.05) is 0 Å². The first-order valence-corrected chi connectivity index (χ1v) is 16.6. The number of fused-ring (bicyclic) bond motifs is 4. The number of benzene rings is 5. The van der Waals surface area contributed by atoms with Crippen LogP contribution in [0.1, 0.15) is 11.4 Å². The average molecular weight is 614 g/mol. The van der Waals surface area contributed by atoms with E-state index in [0.29, 0.717) is 17.2 Å². The van der Waals surface area contributed by atoms with Gasteiger partial charge in [0, 0.05) is 44.7 Å². The number of aryl methyl sites for hydroxylation is 2. The number of aromatic nitrogens is 3. The summed E-state index contributed by atoms with van der Waals surface area (Å²) in [5.41, 5.74) is 6.47. The van der Waals surface area contributed by atoms with Crippen LogP contribution in [0, 0.1) is 13.8 Å². The molecular weight excluding hydrogens is 585 g/mol. The summed E-state index contributed by atoms with van der Waals surface area (Å²) in [5, 5.41) is 5.08. The van der Waals surface area contributed by atoms with Gasteiger partial charge >= 0.3 is 15.1 Å². The van der Waals surface area contributed by atoms with Crippen molar-refractivity contribution in [2.45, 2.75) is 13.8 Å². The van der Waals surface area contributed by atoms with Crippen LogP contribution in [0.3, 0.4) is 0 Å².